The molecule has 0 bridgehead atoms. The van der Waals surface area contributed by atoms with Gasteiger partial charge in [-0.1, -0.05) is 38.8 Å². The van der Waals surface area contributed by atoms with Gasteiger partial charge in [-0.2, -0.15) is 0 Å². The van der Waals surface area contributed by atoms with Gasteiger partial charge in [-0.15, -0.1) is 24.0 Å². The monoisotopic (exact) mass is 565 g/mol. The fourth-order valence-electron chi connectivity index (χ4n) is 3.82. The first-order valence-corrected chi connectivity index (χ1v) is 12.6. The molecule has 1 fully saturated rings. The summed E-state index contributed by atoms with van der Waals surface area (Å²) in [7, 11) is -2.00. The van der Waals surface area contributed by atoms with Gasteiger partial charge in [-0.05, 0) is 63.5 Å². The second kappa shape index (κ2) is 14.3. The summed E-state index contributed by atoms with van der Waals surface area (Å²) in [5, 5.41) is 6.85. The summed E-state index contributed by atoms with van der Waals surface area (Å²) >= 11 is 0. The van der Waals surface area contributed by atoms with Gasteiger partial charge in [-0.3, -0.25) is 4.90 Å². The highest BCUT2D eigenvalue weighted by Gasteiger charge is 2.22. The van der Waals surface area contributed by atoms with E-state index in [-0.39, 0.29) is 28.9 Å². The first kappa shape index (κ1) is 28.1. The van der Waals surface area contributed by atoms with E-state index in [1.807, 2.05) is 12.1 Å². The number of guanidine groups is 1. The lowest BCUT2D eigenvalue weighted by molar-refractivity contribution is 0.161. The predicted octanol–water partition coefficient (Wildman–Crippen LogP) is 3.17. The van der Waals surface area contributed by atoms with E-state index in [1.165, 1.54) is 45.8 Å². The molecule has 7 nitrogen and oxygen atoms in total. The molecule has 0 amide bonds. The van der Waals surface area contributed by atoms with Gasteiger partial charge in [0.15, 0.2) is 5.96 Å². The Bertz CT molecular complexity index is 761. The van der Waals surface area contributed by atoms with Crippen LogP contribution in [0, 0.1) is 5.92 Å². The van der Waals surface area contributed by atoms with Crippen LogP contribution in [-0.2, 0) is 16.6 Å². The van der Waals surface area contributed by atoms with Gasteiger partial charge in [0.1, 0.15) is 0 Å². The number of sulfonamides is 1. The molecule has 1 saturated heterocycles. The molecule has 3 N–H and O–H groups in total. The largest absolute Gasteiger partial charge is 0.357 e. The van der Waals surface area contributed by atoms with Crippen molar-refractivity contribution < 1.29 is 8.42 Å². The van der Waals surface area contributed by atoms with Gasteiger partial charge in [0, 0.05) is 19.1 Å². The zero-order chi connectivity index (χ0) is 22.0. The third-order valence-electron chi connectivity index (χ3n) is 5.62. The number of likely N-dealkylation sites (tertiary alicyclic amines) is 1. The second-order valence-electron chi connectivity index (χ2n) is 8.19. The summed E-state index contributed by atoms with van der Waals surface area (Å²) in [6, 6.07) is 7.34. The fourth-order valence-corrected chi connectivity index (χ4v) is 4.55. The Balaban J connectivity index is 0.00000480. The molecule has 0 spiro atoms. The van der Waals surface area contributed by atoms with E-state index >= 15 is 0 Å². The van der Waals surface area contributed by atoms with Crippen LogP contribution in [-0.4, -0.2) is 58.5 Å². The number of halogens is 1. The van der Waals surface area contributed by atoms with Crippen molar-refractivity contribution in [3.8, 4) is 0 Å². The Kier molecular flexibility index (Phi) is 13.0. The van der Waals surface area contributed by atoms with E-state index in [4.69, 9.17) is 4.99 Å². The lowest BCUT2D eigenvalue weighted by Gasteiger charge is -2.34. The Hall–Kier alpha value is -0.910. The van der Waals surface area contributed by atoms with Crippen LogP contribution in [0.2, 0.25) is 0 Å². The van der Waals surface area contributed by atoms with E-state index in [0.29, 0.717) is 18.5 Å². The summed E-state index contributed by atoms with van der Waals surface area (Å²) in [6.45, 7) is 11.2. The highest BCUT2D eigenvalue weighted by Crippen LogP contribution is 2.17. The first-order valence-electron chi connectivity index (χ1n) is 11.2. The quantitative estimate of drug-likeness (QED) is 0.244. The molecular formula is C22H40IN5O2S. The van der Waals surface area contributed by atoms with Crippen molar-refractivity contribution in [2.24, 2.45) is 10.9 Å². The van der Waals surface area contributed by atoms with Crippen LogP contribution in [0.5, 0.6) is 0 Å². The third kappa shape index (κ3) is 9.23. The Morgan fingerprint density at radius 2 is 1.68 bits per heavy atom. The molecule has 2 rings (SSSR count). The van der Waals surface area contributed by atoms with Crippen molar-refractivity contribution in [2.45, 2.75) is 63.9 Å². The average molecular weight is 566 g/mol. The molecular weight excluding hydrogens is 525 g/mol. The Morgan fingerprint density at radius 1 is 1.06 bits per heavy atom. The molecule has 0 aliphatic carbocycles. The number of hydrogen-bond acceptors (Lipinski definition) is 4. The van der Waals surface area contributed by atoms with Crippen molar-refractivity contribution in [3.63, 3.8) is 0 Å². The van der Waals surface area contributed by atoms with Crippen LogP contribution < -0.4 is 15.4 Å². The average Bonchev–Trinajstić information content (AvgIpc) is 3.01. The second-order valence-corrected chi connectivity index (χ2v) is 10.1. The van der Waals surface area contributed by atoms with Crippen molar-refractivity contribution >= 4 is 40.0 Å². The van der Waals surface area contributed by atoms with Crippen LogP contribution in [0.4, 0.5) is 0 Å². The molecule has 1 atom stereocenters. The maximum Gasteiger partial charge on any atom is 0.240 e. The molecule has 1 heterocycles. The van der Waals surface area contributed by atoms with E-state index in [9.17, 15) is 8.42 Å². The van der Waals surface area contributed by atoms with Crippen molar-refractivity contribution in [3.05, 3.63) is 29.8 Å². The maximum absolute atomic E-state index is 11.9. The Morgan fingerprint density at radius 3 is 2.19 bits per heavy atom. The minimum atomic E-state index is -3.41. The zero-order valence-corrected chi connectivity index (χ0v) is 22.5. The highest BCUT2D eigenvalue weighted by molar-refractivity contribution is 14.0. The number of hydrogen-bond donors (Lipinski definition) is 3. The van der Waals surface area contributed by atoms with E-state index in [0.717, 1.165) is 24.6 Å². The van der Waals surface area contributed by atoms with Gasteiger partial charge >= 0.3 is 0 Å². The minimum Gasteiger partial charge on any atom is -0.357 e. The molecule has 0 saturated carbocycles. The van der Waals surface area contributed by atoms with Crippen LogP contribution in [0.25, 0.3) is 0 Å². The summed E-state index contributed by atoms with van der Waals surface area (Å²) in [5.41, 5.74) is 0.968. The van der Waals surface area contributed by atoms with Gasteiger partial charge in [0.05, 0.1) is 11.4 Å². The lowest BCUT2D eigenvalue weighted by Crippen LogP contribution is -2.49. The molecule has 178 valence electrons. The number of rotatable bonds is 9. The number of benzene rings is 1. The molecule has 1 aliphatic rings. The van der Waals surface area contributed by atoms with Gasteiger partial charge in [0.2, 0.25) is 10.0 Å². The van der Waals surface area contributed by atoms with E-state index < -0.39 is 10.0 Å². The summed E-state index contributed by atoms with van der Waals surface area (Å²) in [4.78, 5) is 7.60. The summed E-state index contributed by atoms with van der Waals surface area (Å²) < 4.78 is 26.0. The Labute approximate surface area is 205 Å². The molecule has 0 radical (unpaired) electrons. The molecule has 0 aromatic heterocycles. The first-order chi connectivity index (χ1) is 14.4. The topological polar surface area (TPSA) is 85.8 Å². The van der Waals surface area contributed by atoms with Crippen molar-refractivity contribution in [1.29, 1.82) is 0 Å². The van der Waals surface area contributed by atoms with Crippen LogP contribution >= 0.6 is 24.0 Å². The fraction of sp³-hybridized carbons (Fsp3) is 0.682. The molecule has 1 unspecified atom stereocenters. The van der Waals surface area contributed by atoms with E-state index in [2.05, 4.69) is 41.0 Å². The molecule has 31 heavy (non-hydrogen) atoms. The van der Waals surface area contributed by atoms with Crippen molar-refractivity contribution in [1.82, 2.24) is 20.3 Å². The molecule has 1 aromatic rings. The summed E-state index contributed by atoms with van der Waals surface area (Å²) in [6.07, 6.45) is 5.26. The van der Waals surface area contributed by atoms with Crippen LogP contribution in [0.1, 0.15) is 52.0 Å². The third-order valence-corrected chi connectivity index (χ3v) is 7.05. The molecule has 1 aromatic carbocycles. The highest BCUT2D eigenvalue weighted by atomic mass is 127. The molecule has 9 heteroatoms. The van der Waals surface area contributed by atoms with Crippen LogP contribution in [0.15, 0.2) is 34.2 Å². The molecule has 1 aliphatic heterocycles. The minimum absolute atomic E-state index is 0. The SMILES string of the molecule is CCNC(=NCc1ccc(S(=O)(=O)NC)cc1)NCC(C(C)C)N1CCCCCC1.I. The predicted molar refractivity (Wildman–Crippen MR) is 140 cm³/mol. The standard InChI is InChI=1S/C22H39N5O2S.HI/c1-5-24-22(25-16-19-10-12-20(13-11-19)30(28,29)23-4)26-17-21(18(2)3)27-14-8-6-7-9-15-27;/h10-13,18,21,23H,5-9,14-17H2,1-4H3,(H2,24,25,26);1H. The lowest BCUT2D eigenvalue weighted by atomic mass is 10.0. The number of aliphatic imine (C=N–C) groups is 1. The zero-order valence-electron chi connectivity index (χ0n) is 19.4. The maximum atomic E-state index is 11.9. The number of nitrogens with one attached hydrogen (secondary N) is 3. The van der Waals surface area contributed by atoms with Gasteiger partial charge in [0.25, 0.3) is 0 Å². The smallest absolute Gasteiger partial charge is 0.240 e. The van der Waals surface area contributed by atoms with Crippen molar-refractivity contribution in [2.75, 3.05) is 33.2 Å². The van der Waals surface area contributed by atoms with E-state index in [1.54, 1.807) is 12.1 Å². The number of nitrogens with zero attached hydrogens (tertiary/aromatic N) is 2. The summed E-state index contributed by atoms with van der Waals surface area (Å²) in [5.74, 6) is 1.37. The van der Waals surface area contributed by atoms with Gasteiger partial charge in [-0.25, -0.2) is 18.1 Å². The normalized spacial score (nSPS) is 17.0. The van der Waals surface area contributed by atoms with Gasteiger partial charge < -0.3 is 10.6 Å². The van der Waals surface area contributed by atoms with Crippen LogP contribution in [0.3, 0.4) is 0 Å².